The molecule has 4 N–H and O–H groups in total. The molecule has 0 saturated heterocycles. The van der Waals surface area contributed by atoms with E-state index in [-0.39, 0.29) is 31.0 Å². The topological polar surface area (TPSA) is 158 Å². The van der Waals surface area contributed by atoms with Crippen LogP contribution in [0.2, 0.25) is 0 Å². The third-order valence-electron chi connectivity index (χ3n) is 5.16. The van der Waals surface area contributed by atoms with Gasteiger partial charge in [0.1, 0.15) is 0 Å². The van der Waals surface area contributed by atoms with Gasteiger partial charge in [-0.25, -0.2) is 0 Å². The fourth-order valence-corrected chi connectivity index (χ4v) is 6.18. The van der Waals surface area contributed by atoms with Crippen LogP contribution in [0.25, 0.3) is 21.8 Å². The second-order valence-electron chi connectivity index (χ2n) is 8.32. The summed E-state index contributed by atoms with van der Waals surface area (Å²) >= 11 is 9.65. The van der Waals surface area contributed by atoms with E-state index in [0.717, 1.165) is 51.9 Å². The van der Waals surface area contributed by atoms with Gasteiger partial charge in [0.15, 0.2) is 0 Å². The summed E-state index contributed by atoms with van der Waals surface area (Å²) < 4.78 is 1.91. The van der Waals surface area contributed by atoms with E-state index in [2.05, 4.69) is 41.8 Å². The van der Waals surface area contributed by atoms with Gasteiger partial charge >= 0.3 is 19.5 Å². The molecule has 2 heterocycles. The van der Waals surface area contributed by atoms with Crippen molar-refractivity contribution >= 4 is 89.1 Å². The normalized spacial score (nSPS) is 12.3. The van der Waals surface area contributed by atoms with Gasteiger partial charge in [-0.05, 0) is 62.4 Å². The smallest absolute Gasteiger partial charge is 0.548 e. The Balaban J connectivity index is 0.000000267. The molecule has 2 atom stereocenters. The van der Waals surface area contributed by atoms with Crippen molar-refractivity contribution in [3.8, 4) is 0 Å². The van der Waals surface area contributed by atoms with Crippen molar-refractivity contribution in [1.82, 2.24) is 9.97 Å². The van der Waals surface area contributed by atoms with Gasteiger partial charge in [0, 0.05) is 52.4 Å². The predicted octanol–water partition coefficient (Wildman–Crippen LogP) is 2.95. The van der Waals surface area contributed by atoms with Crippen molar-refractivity contribution in [1.29, 1.82) is 0 Å². The summed E-state index contributed by atoms with van der Waals surface area (Å²) in [5.74, 6) is -1.92. The van der Waals surface area contributed by atoms with Gasteiger partial charge in [0.2, 0.25) is 0 Å². The number of fused-ring (bicyclic) bond motifs is 2. The number of nitrogens with two attached hydrogens (primary N) is 2. The fourth-order valence-electron chi connectivity index (χ4n) is 3.32. The van der Waals surface area contributed by atoms with Crippen LogP contribution in [0, 0.1) is 13.8 Å². The van der Waals surface area contributed by atoms with E-state index in [1.54, 1.807) is 0 Å². The van der Waals surface area contributed by atoms with Crippen molar-refractivity contribution in [3.05, 3.63) is 68.9 Å². The number of pyridine rings is 2. The number of carboxylic acid groups (broad SMARTS) is 2. The molecule has 0 radical (unpaired) electrons. The quantitative estimate of drug-likeness (QED) is 0.203. The first-order valence-electron chi connectivity index (χ1n) is 11.3. The second kappa shape index (κ2) is 15.4. The number of hydrogen-bond acceptors (Lipinski definition) is 10. The number of nitrogens with zero attached hydrogens (tertiary/aromatic N) is 2. The molecule has 2 unspecified atom stereocenters. The van der Waals surface area contributed by atoms with Crippen LogP contribution in [0.3, 0.4) is 0 Å². The molecule has 2 aromatic heterocycles. The summed E-state index contributed by atoms with van der Waals surface area (Å²) in [5, 5.41) is 23.2. The van der Waals surface area contributed by atoms with Gasteiger partial charge in [-0.3, -0.25) is 9.97 Å². The zero-order chi connectivity index (χ0) is 28.0. The summed E-state index contributed by atoms with van der Waals surface area (Å²) in [4.78, 5) is 32.1. The number of aliphatic carboxylic acids is 2. The van der Waals surface area contributed by atoms with Crippen molar-refractivity contribution < 1.29 is 39.3 Å². The number of aryl methyl sites for hydroxylation is 2. The third-order valence-corrected chi connectivity index (χ3v) is 8.50. The number of rotatable bonds is 8. The molecule has 4 rings (SSSR count). The van der Waals surface area contributed by atoms with Crippen LogP contribution in [-0.2, 0) is 29.1 Å². The minimum absolute atomic E-state index is 0. The largest absolute Gasteiger partial charge is 2.00 e. The molecular weight excluding hydrogens is 722 g/mol. The molecule has 8 nitrogen and oxygen atoms in total. The molecule has 2 aromatic carbocycles. The van der Waals surface area contributed by atoms with Gasteiger partial charge in [-0.2, -0.15) is 0 Å². The molecule has 0 bridgehead atoms. The molecule has 200 valence electrons. The van der Waals surface area contributed by atoms with Gasteiger partial charge < -0.3 is 31.3 Å². The number of benzene rings is 2. The first kappa shape index (κ1) is 33.6. The van der Waals surface area contributed by atoms with Crippen LogP contribution >= 0.6 is 55.4 Å². The van der Waals surface area contributed by atoms with Gasteiger partial charge in [-0.15, -0.1) is 23.5 Å². The van der Waals surface area contributed by atoms with E-state index in [9.17, 15) is 19.8 Å². The van der Waals surface area contributed by atoms with Crippen LogP contribution < -0.4 is 21.7 Å². The number of halogens is 2. The molecule has 4 aromatic rings. The molecule has 0 spiro atoms. The Morgan fingerprint density at radius 2 is 1.13 bits per heavy atom. The first-order chi connectivity index (χ1) is 17.9. The fraction of sp³-hybridized carbons (Fsp3) is 0.231. The average molecular weight is 746 g/mol. The first-order valence-corrected chi connectivity index (χ1v) is 14.8. The van der Waals surface area contributed by atoms with Crippen LogP contribution in [-0.4, -0.2) is 45.5 Å². The molecule has 39 heavy (non-hydrogen) atoms. The third kappa shape index (κ3) is 9.77. The molecule has 0 aliphatic heterocycles. The molecule has 0 aliphatic rings. The number of hydrogen-bond donors (Lipinski definition) is 2. The van der Waals surface area contributed by atoms with E-state index in [0.29, 0.717) is 0 Å². The zero-order valence-corrected chi connectivity index (χ0v) is 28.9. The van der Waals surface area contributed by atoms with E-state index >= 15 is 0 Å². The second-order valence-corrected chi connectivity index (χ2v) is 12.3. The maximum Gasteiger partial charge on any atom is 2.00 e. The van der Waals surface area contributed by atoms with E-state index < -0.39 is 24.0 Å². The molecule has 0 aliphatic carbocycles. The van der Waals surface area contributed by atoms with Crippen molar-refractivity contribution in [2.24, 2.45) is 11.5 Å². The van der Waals surface area contributed by atoms with E-state index in [1.165, 1.54) is 23.5 Å². The van der Waals surface area contributed by atoms with E-state index in [4.69, 9.17) is 11.5 Å². The molecule has 0 saturated carbocycles. The number of carbonyl (C=O) groups excluding carboxylic acids is 2. The summed E-state index contributed by atoms with van der Waals surface area (Å²) in [7, 11) is 0. The Bertz CT molecular complexity index is 1380. The number of carbonyl (C=O) groups is 2. The van der Waals surface area contributed by atoms with Gasteiger partial charge in [0.25, 0.3) is 0 Å². The summed E-state index contributed by atoms with van der Waals surface area (Å²) in [5.41, 5.74) is 14.5. The summed E-state index contributed by atoms with van der Waals surface area (Å²) in [6, 6.07) is 13.6. The van der Waals surface area contributed by atoms with Crippen molar-refractivity contribution in [2.75, 3.05) is 11.5 Å². The standard InChI is InChI=1S/2C13H13BrN2O2S.Zn/c2*1-7-4-12(19-6-10(15)13(17)18)9-5-8(14)2-3-11(9)16-7;/h2*2-5,10H,6,15H2,1H3,(H,17,18);/q;;+2/p-2. The number of carboxylic acids is 2. The van der Waals surface area contributed by atoms with Crippen LogP contribution in [0.15, 0.2) is 67.3 Å². The van der Waals surface area contributed by atoms with Gasteiger partial charge in [-0.1, -0.05) is 31.9 Å². The van der Waals surface area contributed by atoms with E-state index in [1.807, 2.05) is 62.4 Å². The minimum Gasteiger partial charge on any atom is -0.548 e. The minimum atomic E-state index is -1.23. The predicted molar refractivity (Wildman–Crippen MR) is 156 cm³/mol. The van der Waals surface area contributed by atoms with Crippen LogP contribution in [0.5, 0.6) is 0 Å². The number of thioether (sulfide) groups is 2. The molecular formula is C26H24Br2N4O4S2Zn. The SMILES string of the molecule is Cc1cc(SCC(N)C(=O)[O-])c2cc(Br)ccc2n1.Cc1cc(SCC(N)C(=O)[O-])c2cc(Br)ccc2n1.[Zn+2]. The molecule has 0 amide bonds. The Labute approximate surface area is 264 Å². The van der Waals surface area contributed by atoms with Crippen molar-refractivity contribution in [2.45, 2.75) is 35.7 Å². The average Bonchev–Trinajstić information content (AvgIpc) is 2.86. The van der Waals surface area contributed by atoms with Crippen molar-refractivity contribution in [3.63, 3.8) is 0 Å². The summed E-state index contributed by atoms with van der Waals surface area (Å²) in [6.45, 7) is 3.81. The Morgan fingerprint density at radius 1 is 0.769 bits per heavy atom. The van der Waals surface area contributed by atoms with Gasteiger partial charge in [0.05, 0.1) is 35.1 Å². The molecule has 0 fully saturated rings. The van der Waals surface area contributed by atoms with Crippen LogP contribution in [0.1, 0.15) is 11.4 Å². The Hall–Kier alpha value is -1.60. The Morgan fingerprint density at radius 3 is 1.46 bits per heavy atom. The molecule has 13 heteroatoms. The monoisotopic (exact) mass is 742 g/mol. The maximum absolute atomic E-state index is 10.6. The zero-order valence-electron chi connectivity index (χ0n) is 21.1. The number of aromatic nitrogens is 2. The Kier molecular flexibility index (Phi) is 13.3. The maximum atomic E-state index is 10.6. The van der Waals surface area contributed by atoms with Crippen LogP contribution in [0.4, 0.5) is 0 Å². The summed E-state index contributed by atoms with van der Waals surface area (Å²) in [6.07, 6.45) is 0.